The van der Waals surface area contributed by atoms with Crippen LogP contribution in [-0.4, -0.2) is 76.4 Å². The number of rotatable bonds is 8. The van der Waals surface area contributed by atoms with E-state index in [1.807, 2.05) is 337 Å². The zero-order valence-electron chi connectivity index (χ0n) is 60.0. The molecule has 4 radical (unpaired) electrons. The molecule has 0 aliphatic carbocycles. The van der Waals surface area contributed by atoms with Crippen molar-refractivity contribution in [2.45, 2.75) is 0 Å². The van der Waals surface area contributed by atoms with E-state index in [-0.39, 0.29) is 80.4 Å². The summed E-state index contributed by atoms with van der Waals surface area (Å²) < 4.78 is 15.8. The van der Waals surface area contributed by atoms with Gasteiger partial charge in [0.15, 0.2) is 0 Å². The molecule has 20 nitrogen and oxygen atoms in total. The van der Waals surface area contributed by atoms with Crippen LogP contribution in [0.1, 0.15) is 0 Å². The van der Waals surface area contributed by atoms with Crippen molar-refractivity contribution in [2.75, 3.05) is 0 Å². The van der Waals surface area contributed by atoms with Crippen molar-refractivity contribution in [3.63, 3.8) is 0 Å². The maximum Gasteiger partial charge on any atom is 0.0555 e. The third-order valence-corrected chi connectivity index (χ3v) is 14.2. The average Bonchev–Trinajstić information content (AvgIpc) is 1.82. The van der Waals surface area contributed by atoms with Gasteiger partial charge in [-0.25, -0.2) is 0 Å². The summed E-state index contributed by atoms with van der Waals surface area (Å²) in [5.41, 5.74) is 8.26. The van der Waals surface area contributed by atoms with Crippen molar-refractivity contribution in [1.82, 2.24) is 76.4 Å². The summed E-state index contributed by atoms with van der Waals surface area (Å²) in [5, 5.41) is 25.0. The van der Waals surface area contributed by atoms with Gasteiger partial charge in [0, 0.05) is 236 Å². The largest absolute Gasteiger partial charge is 0.512 e. The summed E-state index contributed by atoms with van der Waals surface area (Å²) in [6.07, 6.45) is 29.7. The van der Waals surface area contributed by atoms with Crippen LogP contribution in [0.15, 0.2) is 293 Å². The molecule has 0 aliphatic heterocycles. The first-order valence-corrected chi connectivity index (χ1v) is 31.5. The van der Waals surface area contributed by atoms with Crippen molar-refractivity contribution in [1.29, 1.82) is 21.0 Å². The molecule has 0 saturated carbocycles. The minimum Gasteiger partial charge on any atom is -0.512 e. The third-order valence-electron chi connectivity index (χ3n) is 14.2. The zero-order valence-corrected chi connectivity index (χ0v) is 69.6. The number of hydrogen-bond donors (Lipinski definition) is 0. The zero-order chi connectivity index (χ0) is 75.1. The molecule has 0 fully saturated rings. The molecule has 556 valence electrons. The van der Waals surface area contributed by atoms with Crippen molar-refractivity contribution in [2.24, 2.45) is 56.4 Å². The first-order valence-electron chi connectivity index (χ1n) is 31.5. The van der Waals surface area contributed by atoms with Crippen LogP contribution in [0, 0.1) is 95.9 Å². The van der Waals surface area contributed by atoms with Gasteiger partial charge in [0.1, 0.15) is 0 Å². The van der Waals surface area contributed by atoms with Crippen LogP contribution in [0.2, 0.25) is 0 Å². The van der Waals surface area contributed by atoms with Crippen molar-refractivity contribution in [3.05, 3.63) is 368 Å². The summed E-state index contributed by atoms with van der Waals surface area (Å²) in [4.78, 5) is 33.7. The van der Waals surface area contributed by atoms with Crippen molar-refractivity contribution >= 4 is 0 Å². The Morgan fingerprint density at radius 3 is 0.361 bits per heavy atom. The monoisotopic (exact) mass is 2130 g/mol. The molecule has 0 amide bonds. The van der Waals surface area contributed by atoms with Crippen LogP contribution in [-0.2, 0) is 137 Å². The predicted molar refractivity (Wildman–Crippen MR) is 400 cm³/mol. The van der Waals surface area contributed by atoms with Crippen LogP contribution in [0.4, 0.5) is 0 Å². The molecule has 0 aliphatic rings. The molecule has 0 saturated heterocycles. The first-order chi connectivity index (χ1) is 51.0. The molecule has 8 heterocycles. The van der Waals surface area contributed by atoms with Gasteiger partial charge in [-0.15, -0.1) is 287 Å². The molecule has 0 bridgehead atoms. The number of nitrogens with zero attached hydrogens (tertiary/aromatic N) is 20. The minimum absolute atomic E-state index is 0. The van der Waals surface area contributed by atoms with Gasteiger partial charge in [-0.05, 0) is 0 Å². The van der Waals surface area contributed by atoms with Crippen LogP contribution < -0.4 is 0 Å². The van der Waals surface area contributed by atoms with E-state index in [2.05, 4.69) is 88.4 Å². The van der Waals surface area contributed by atoms with Crippen molar-refractivity contribution in [3.8, 4) is 91.1 Å². The standard InChI is InChI=1S/8C10H9N2.4CN.4Ir/c8*1-12-8-7-11-10(12)9-5-3-2-4-6-9;4*1-2;;;;/h8*2-5,7-8H,1H3;;;;;;;;/q12*-1;;;;. The summed E-state index contributed by atoms with van der Waals surface area (Å²) in [7, 11) is 15.8. The quantitative estimate of drug-likeness (QED) is 0.129. The van der Waals surface area contributed by atoms with Crippen LogP contribution >= 0.6 is 0 Å². The van der Waals surface area contributed by atoms with Gasteiger partial charge in [-0.2, -0.15) is 0 Å². The van der Waals surface area contributed by atoms with E-state index in [1.165, 1.54) is 0 Å². The van der Waals surface area contributed by atoms with E-state index in [1.54, 1.807) is 49.6 Å². The molecule has 16 rings (SSSR count). The predicted octanol–water partition coefficient (Wildman–Crippen LogP) is 15.5. The van der Waals surface area contributed by atoms with Crippen LogP contribution in [0.25, 0.3) is 91.1 Å². The van der Waals surface area contributed by atoms with Gasteiger partial charge < -0.3 is 83.9 Å². The molecule has 16 aromatic rings. The fourth-order valence-corrected chi connectivity index (χ4v) is 9.26. The Morgan fingerprint density at radius 1 is 0.194 bits per heavy atom. The molecule has 24 heteroatoms. The van der Waals surface area contributed by atoms with Gasteiger partial charge in [-0.1, -0.05) is 0 Å². The Bertz CT molecular complexity index is 4030. The maximum absolute atomic E-state index is 6.25. The topological polar surface area (TPSA) is 238 Å². The fourth-order valence-electron chi connectivity index (χ4n) is 9.26. The molecule has 0 spiro atoms. The molecule has 0 N–H and O–H groups in total. The van der Waals surface area contributed by atoms with E-state index in [4.69, 9.17) is 47.3 Å². The second kappa shape index (κ2) is 54.6. The Hall–Kier alpha value is -12.0. The molecule has 0 atom stereocenters. The summed E-state index contributed by atoms with van der Waals surface area (Å²) in [6, 6.07) is 87.7. The van der Waals surface area contributed by atoms with Crippen LogP contribution in [0.3, 0.4) is 0 Å². The summed E-state index contributed by atoms with van der Waals surface area (Å²) >= 11 is 0. The second-order valence-electron chi connectivity index (χ2n) is 21.1. The summed E-state index contributed by atoms with van der Waals surface area (Å²) in [6.45, 7) is 19.0. The molecule has 8 aromatic heterocycles. The Labute approximate surface area is 687 Å². The van der Waals surface area contributed by atoms with E-state index >= 15 is 0 Å². The smallest absolute Gasteiger partial charge is 0.0555 e. The molecule has 8 aromatic carbocycles. The molecular weight excluding hydrogens is 2060 g/mol. The number of hydrogen-bond acceptors (Lipinski definition) is 12. The van der Waals surface area contributed by atoms with Crippen LogP contribution in [0.5, 0.6) is 0 Å². The fraction of sp³-hybridized carbons (Fsp3) is 0.0952. The minimum atomic E-state index is 0. The summed E-state index contributed by atoms with van der Waals surface area (Å²) in [5.74, 6) is 7.63. The maximum atomic E-state index is 6.25. The van der Waals surface area contributed by atoms with Crippen molar-refractivity contribution < 1.29 is 80.4 Å². The first kappa shape index (κ1) is 94.0. The SMILES string of the molecule is Cn1ccnc1-c1[c-]cccc1.Cn1ccnc1-c1[c-]cccc1.Cn1ccnc1-c1[c-]cccc1.Cn1ccnc1-c1[c-]cccc1.Cn1ccnc1-c1[c-]cccc1.Cn1ccnc1-c1[c-]cccc1.Cn1ccnc1-c1[c-]cccc1.Cn1ccnc1-c1[c-]cccc1.[C-]#N.[C-]#N.[C-]#N.[C-]#N.[Ir].[Ir].[Ir].[Ir]. The van der Waals surface area contributed by atoms with Gasteiger partial charge in [0.05, 0.1) is 46.6 Å². The van der Waals surface area contributed by atoms with E-state index in [0.717, 1.165) is 91.1 Å². The third kappa shape index (κ3) is 30.2. The Morgan fingerprint density at radius 2 is 0.296 bits per heavy atom. The number of aryl methyl sites for hydroxylation is 8. The van der Waals surface area contributed by atoms with Gasteiger partial charge in [-0.3, -0.25) is 39.9 Å². The van der Waals surface area contributed by atoms with Gasteiger partial charge in [0.25, 0.3) is 0 Å². The average molecular weight is 2130 g/mol. The van der Waals surface area contributed by atoms with E-state index in [0.29, 0.717) is 0 Å². The number of benzene rings is 8. The second-order valence-corrected chi connectivity index (χ2v) is 21.1. The normalized spacial score (nSPS) is 9.04. The van der Waals surface area contributed by atoms with Gasteiger partial charge in [0.2, 0.25) is 0 Å². The van der Waals surface area contributed by atoms with E-state index < -0.39 is 0 Å². The van der Waals surface area contributed by atoms with E-state index in [9.17, 15) is 0 Å². The Kier molecular flexibility index (Phi) is 47.5. The number of aromatic nitrogens is 16. The number of imidazole rings is 8. The molecule has 0 unspecified atom stereocenters. The molecular formula is C84H72Ir4N20-12. The Balaban J connectivity index is 0.000000605. The van der Waals surface area contributed by atoms with Gasteiger partial charge >= 0.3 is 0 Å². The molecule has 108 heavy (non-hydrogen) atoms.